The molecule has 0 bridgehead atoms. The predicted molar refractivity (Wildman–Crippen MR) is 69.4 cm³/mol. The minimum atomic E-state index is -0.379. The number of rotatable bonds is 0. The van der Waals surface area contributed by atoms with E-state index in [1.54, 1.807) is 0 Å². The van der Waals surface area contributed by atoms with Gasteiger partial charge in [0.1, 0.15) is 5.60 Å². The van der Waals surface area contributed by atoms with Gasteiger partial charge in [0, 0.05) is 25.0 Å². The van der Waals surface area contributed by atoms with Crippen LogP contribution in [0, 0.1) is 10.8 Å². The predicted octanol–water partition coefficient (Wildman–Crippen LogP) is 2.00. The molecule has 4 heteroatoms. The lowest BCUT2D eigenvalue weighted by molar-refractivity contribution is -0.131. The van der Waals surface area contributed by atoms with E-state index in [9.17, 15) is 4.79 Å². The molecule has 2 spiro atoms. The van der Waals surface area contributed by atoms with Crippen LogP contribution in [-0.4, -0.2) is 42.8 Å². The number of ether oxygens (including phenoxy) is 1. The summed E-state index contributed by atoms with van der Waals surface area (Å²) in [4.78, 5) is 13.7. The molecule has 2 aliphatic heterocycles. The zero-order valence-electron chi connectivity index (χ0n) is 11.7. The summed E-state index contributed by atoms with van der Waals surface area (Å²) in [5, 5.41) is 3.46. The van der Waals surface area contributed by atoms with Crippen molar-refractivity contribution in [1.29, 1.82) is 0 Å². The molecule has 0 unspecified atom stereocenters. The van der Waals surface area contributed by atoms with E-state index in [-0.39, 0.29) is 11.7 Å². The Morgan fingerprint density at radius 3 is 2.39 bits per heavy atom. The highest BCUT2D eigenvalue weighted by molar-refractivity contribution is 5.69. The third-order valence-electron chi connectivity index (χ3n) is 4.54. The van der Waals surface area contributed by atoms with Crippen LogP contribution in [0.25, 0.3) is 0 Å². The number of amides is 1. The van der Waals surface area contributed by atoms with E-state index in [0.717, 1.165) is 13.1 Å². The quantitative estimate of drug-likeness (QED) is 0.717. The molecule has 4 nitrogen and oxygen atoms in total. The number of hydrogen-bond donors (Lipinski definition) is 1. The second-order valence-corrected chi connectivity index (χ2v) is 7.62. The lowest BCUT2D eigenvalue weighted by atomic mass is 9.49. The first-order chi connectivity index (χ1) is 8.32. The summed E-state index contributed by atoms with van der Waals surface area (Å²) in [6, 6.07) is 0. The van der Waals surface area contributed by atoms with Gasteiger partial charge >= 0.3 is 6.09 Å². The van der Waals surface area contributed by atoms with Crippen LogP contribution in [0.3, 0.4) is 0 Å². The van der Waals surface area contributed by atoms with Crippen molar-refractivity contribution in [2.45, 2.75) is 45.6 Å². The van der Waals surface area contributed by atoms with Crippen molar-refractivity contribution in [2.75, 3.05) is 26.2 Å². The molecule has 0 aromatic carbocycles. The molecule has 1 amide bonds. The molecular formula is C14H24N2O2. The first-order valence-corrected chi connectivity index (χ1v) is 7.00. The first-order valence-electron chi connectivity index (χ1n) is 7.00. The average molecular weight is 252 g/mol. The van der Waals surface area contributed by atoms with E-state index < -0.39 is 0 Å². The number of likely N-dealkylation sites (tertiary alicyclic amines) is 1. The lowest BCUT2D eigenvalue weighted by Gasteiger charge is -2.63. The zero-order valence-corrected chi connectivity index (χ0v) is 11.7. The Hall–Kier alpha value is -0.770. The molecule has 2 saturated heterocycles. The van der Waals surface area contributed by atoms with Crippen LogP contribution < -0.4 is 5.32 Å². The highest BCUT2D eigenvalue weighted by atomic mass is 16.6. The fraction of sp³-hybridized carbons (Fsp3) is 0.929. The normalized spacial score (nSPS) is 28.1. The molecule has 3 fully saturated rings. The van der Waals surface area contributed by atoms with E-state index in [0.29, 0.717) is 10.8 Å². The number of hydrogen-bond acceptors (Lipinski definition) is 3. The smallest absolute Gasteiger partial charge is 0.410 e. The highest BCUT2D eigenvalue weighted by Gasteiger charge is 2.61. The summed E-state index contributed by atoms with van der Waals surface area (Å²) in [6.45, 7) is 9.93. The van der Waals surface area contributed by atoms with Crippen molar-refractivity contribution in [3.63, 3.8) is 0 Å². The Labute approximate surface area is 109 Å². The molecule has 3 aliphatic rings. The van der Waals surface area contributed by atoms with Crippen molar-refractivity contribution >= 4 is 6.09 Å². The van der Waals surface area contributed by atoms with Gasteiger partial charge in [-0.3, -0.25) is 0 Å². The van der Waals surface area contributed by atoms with Gasteiger partial charge in [0.2, 0.25) is 0 Å². The third-order valence-corrected chi connectivity index (χ3v) is 4.54. The van der Waals surface area contributed by atoms with Gasteiger partial charge < -0.3 is 15.0 Å². The van der Waals surface area contributed by atoms with Crippen molar-refractivity contribution in [3.05, 3.63) is 0 Å². The fourth-order valence-electron chi connectivity index (χ4n) is 4.08. The Kier molecular flexibility index (Phi) is 2.47. The Bertz CT molecular complexity index is 350. The van der Waals surface area contributed by atoms with Gasteiger partial charge in [-0.2, -0.15) is 0 Å². The number of nitrogens with zero attached hydrogens (tertiary/aromatic N) is 1. The molecular weight excluding hydrogens is 228 g/mol. The van der Waals surface area contributed by atoms with Crippen LogP contribution >= 0.6 is 0 Å². The van der Waals surface area contributed by atoms with Crippen LogP contribution in [0.1, 0.15) is 40.0 Å². The Balaban J connectivity index is 1.48. The maximum Gasteiger partial charge on any atom is 0.410 e. The molecule has 2 heterocycles. The van der Waals surface area contributed by atoms with Crippen LogP contribution in [0.2, 0.25) is 0 Å². The molecule has 18 heavy (non-hydrogen) atoms. The maximum absolute atomic E-state index is 11.9. The Morgan fingerprint density at radius 1 is 1.22 bits per heavy atom. The second kappa shape index (κ2) is 3.62. The monoisotopic (exact) mass is 252 g/mol. The molecule has 0 radical (unpaired) electrons. The van der Waals surface area contributed by atoms with Gasteiger partial charge in [-0.05, 0) is 52.0 Å². The summed E-state index contributed by atoms with van der Waals surface area (Å²) < 4.78 is 5.40. The van der Waals surface area contributed by atoms with E-state index in [2.05, 4.69) is 5.32 Å². The topological polar surface area (TPSA) is 41.6 Å². The van der Waals surface area contributed by atoms with E-state index >= 15 is 0 Å². The number of carbonyl (C=O) groups is 1. The van der Waals surface area contributed by atoms with Gasteiger partial charge in [0.25, 0.3) is 0 Å². The molecule has 1 saturated carbocycles. The van der Waals surface area contributed by atoms with Gasteiger partial charge in [-0.1, -0.05) is 0 Å². The minimum absolute atomic E-state index is 0.140. The highest BCUT2D eigenvalue weighted by Crippen LogP contribution is 2.61. The molecule has 1 aliphatic carbocycles. The lowest BCUT2D eigenvalue weighted by Crippen LogP contribution is -2.67. The fourth-order valence-corrected chi connectivity index (χ4v) is 4.08. The van der Waals surface area contributed by atoms with Crippen LogP contribution in [-0.2, 0) is 4.74 Å². The molecule has 3 rings (SSSR count). The summed E-state index contributed by atoms with van der Waals surface area (Å²) in [6.07, 6.45) is 3.78. The molecule has 1 N–H and O–H groups in total. The average Bonchev–Trinajstić information content (AvgIpc) is 2.55. The summed E-state index contributed by atoms with van der Waals surface area (Å²) in [7, 11) is 0. The van der Waals surface area contributed by atoms with E-state index in [1.807, 2.05) is 25.7 Å². The summed E-state index contributed by atoms with van der Waals surface area (Å²) in [5.41, 5.74) is 0.624. The largest absolute Gasteiger partial charge is 0.444 e. The molecule has 102 valence electrons. The number of nitrogens with one attached hydrogen (secondary N) is 1. The van der Waals surface area contributed by atoms with Gasteiger partial charge in [0.15, 0.2) is 0 Å². The van der Waals surface area contributed by atoms with Gasteiger partial charge in [-0.25, -0.2) is 4.79 Å². The van der Waals surface area contributed by atoms with Crippen molar-refractivity contribution in [1.82, 2.24) is 10.2 Å². The SMILES string of the molecule is CC(C)(C)OC(=O)N1CC2(C1)CC1(CCNC1)C2. The van der Waals surface area contributed by atoms with Gasteiger partial charge in [-0.15, -0.1) is 0 Å². The van der Waals surface area contributed by atoms with Gasteiger partial charge in [0.05, 0.1) is 0 Å². The van der Waals surface area contributed by atoms with Crippen LogP contribution in [0.4, 0.5) is 4.79 Å². The number of carbonyl (C=O) groups excluding carboxylic acids is 1. The van der Waals surface area contributed by atoms with Crippen LogP contribution in [0.5, 0.6) is 0 Å². The third kappa shape index (κ3) is 2.00. The molecule has 0 atom stereocenters. The maximum atomic E-state index is 11.9. The van der Waals surface area contributed by atoms with E-state index in [4.69, 9.17) is 4.74 Å². The Morgan fingerprint density at radius 2 is 1.89 bits per heavy atom. The van der Waals surface area contributed by atoms with Crippen molar-refractivity contribution in [3.8, 4) is 0 Å². The molecule has 0 aromatic rings. The van der Waals surface area contributed by atoms with Crippen molar-refractivity contribution < 1.29 is 9.53 Å². The minimum Gasteiger partial charge on any atom is -0.444 e. The van der Waals surface area contributed by atoms with Crippen molar-refractivity contribution in [2.24, 2.45) is 10.8 Å². The second-order valence-electron chi connectivity index (χ2n) is 7.62. The van der Waals surface area contributed by atoms with E-state index in [1.165, 1.54) is 32.4 Å². The summed E-state index contributed by atoms with van der Waals surface area (Å²) >= 11 is 0. The standard InChI is InChI=1S/C14H24N2O2/c1-12(2,3)18-11(17)16-9-14(10-16)6-13(7-14)4-5-15-8-13/h15H,4-10H2,1-3H3. The zero-order chi connectivity index (χ0) is 13.0. The van der Waals surface area contributed by atoms with Crippen LogP contribution in [0.15, 0.2) is 0 Å². The summed E-state index contributed by atoms with van der Waals surface area (Å²) in [5.74, 6) is 0. The molecule has 0 aromatic heterocycles. The first kappa shape index (κ1) is 12.3.